The van der Waals surface area contributed by atoms with Crippen LogP contribution in [0.15, 0.2) is 74.1 Å². The van der Waals surface area contributed by atoms with Crippen molar-refractivity contribution in [3.8, 4) is 11.6 Å². The van der Waals surface area contributed by atoms with Gasteiger partial charge in [-0.15, -0.1) is 11.3 Å². The SMILES string of the molecule is O=C(Nc1ccc(-n2c(O)c3cc(Br)ccc3cc2=O)cc1)NS(=O)(=O)c1ccc(Cl)s1. The van der Waals surface area contributed by atoms with E-state index in [0.29, 0.717) is 16.5 Å². The molecule has 0 unspecified atom stereocenters. The van der Waals surface area contributed by atoms with Crippen LogP contribution >= 0.6 is 38.9 Å². The maximum atomic E-state index is 12.5. The van der Waals surface area contributed by atoms with Crippen molar-refractivity contribution in [1.82, 2.24) is 9.29 Å². The first-order chi connectivity index (χ1) is 15.1. The minimum atomic E-state index is -4.06. The second kappa shape index (κ2) is 8.58. The molecule has 0 radical (unpaired) electrons. The smallest absolute Gasteiger partial charge is 0.333 e. The number of nitrogens with zero attached hydrogens (tertiary/aromatic N) is 1. The van der Waals surface area contributed by atoms with E-state index in [0.717, 1.165) is 20.4 Å². The first-order valence-electron chi connectivity index (χ1n) is 8.88. The van der Waals surface area contributed by atoms with E-state index >= 15 is 0 Å². The molecule has 32 heavy (non-hydrogen) atoms. The standard InChI is InChI=1S/C20H13BrClN3O5S2/c21-12-2-1-11-9-17(26)25(19(27)15(11)10-12)14-5-3-13(4-6-14)23-20(28)24-32(29,30)18-8-7-16(22)31-18/h1-10,27H,(H2,23,24,28). The molecule has 2 heterocycles. The van der Waals surface area contributed by atoms with E-state index in [-0.39, 0.29) is 20.1 Å². The highest BCUT2D eigenvalue weighted by Crippen LogP contribution is 2.28. The Bertz CT molecular complexity index is 1510. The highest BCUT2D eigenvalue weighted by Gasteiger charge is 2.20. The topological polar surface area (TPSA) is 118 Å². The zero-order valence-electron chi connectivity index (χ0n) is 15.9. The monoisotopic (exact) mass is 553 g/mol. The van der Waals surface area contributed by atoms with E-state index in [1.165, 1.54) is 42.5 Å². The van der Waals surface area contributed by atoms with E-state index in [9.17, 15) is 23.1 Å². The number of fused-ring (bicyclic) bond motifs is 1. The summed E-state index contributed by atoms with van der Waals surface area (Å²) in [6.45, 7) is 0. The van der Waals surface area contributed by atoms with Crippen LogP contribution in [0.4, 0.5) is 10.5 Å². The van der Waals surface area contributed by atoms with Gasteiger partial charge in [0.2, 0.25) is 5.88 Å². The molecule has 3 N–H and O–H groups in total. The van der Waals surface area contributed by atoms with E-state index in [2.05, 4.69) is 21.2 Å². The number of hydrogen-bond acceptors (Lipinski definition) is 6. The lowest BCUT2D eigenvalue weighted by atomic mass is 10.1. The number of pyridine rings is 1. The summed E-state index contributed by atoms with van der Waals surface area (Å²) < 4.78 is 28.4. The average Bonchev–Trinajstić information content (AvgIpc) is 3.17. The second-order valence-corrected chi connectivity index (χ2v) is 11.1. The fourth-order valence-corrected chi connectivity index (χ4v) is 5.74. The van der Waals surface area contributed by atoms with Crippen LogP contribution in [0.2, 0.25) is 4.34 Å². The van der Waals surface area contributed by atoms with Crippen molar-refractivity contribution < 1.29 is 18.3 Å². The van der Waals surface area contributed by atoms with Crippen LogP contribution in [0.1, 0.15) is 0 Å². The molecule has 4 rings (SSSR count). The highest BCUT2D eigenvalue weighted by atomic mass is 79.9. The van der Waals surface area contributed by atoms with Gasteiger partial charge in [0, 0.05) is 21.6 Å². The van der Waals surface area contributed by atoms with Crippen molar-refractivity contribution in [2.75, 3.05) is 5.32 Å². The molecule has 0 bridgehead atoms. The van der Waals surface area contributed by atoms with Crippen molar-refractivity contribution >= 4 is 71.4 Å². The number of thiophene rings is 1. The van der Waals surface area contributed by atoms with Gasteiger partial charge >= 0.3 is 6.03 Å². The number of hydrogen-bond donors (Lipinski definition) is 3. The van der Waals surface area contributed by atoms with Crippen molar-refractivity contribution in [3.05, 3.63) is 79.8 Å². The van der Waals surface area contributed by atoms with Gasteiger partial charge in [0.25, 0.3) is 15.6 Å². The number of amides is 2. The summed E-state index contributed by atoms with van der Waals surface area (Å²) in [5, 5.41) is 14.1. The molecule has 2 amide bonds. The Hall–Kier alpha value is -2.86. The van der Waals surface area contributed by atoms with Crippen LogP contribution < -0.4 is 15.6 Å². The Balaban J connectivity index is 1.56. The Morgan fingerprint density at radius 3 is 2.44 bits per heavy atom. The Kier molecular flexibility index (Phi) is 5.99. The van der Waals surface area contributed by atoms with Gasteiger partial charge in [-0.1, -0.05) is 33.6 Å². The summed E-state index contributed by atoms with van der Waals surface area (Å²) in [5.74, 6) is -0.229. The molecular weight excluding hydrogens is 542 g/mol. The minimum Gasteiger partial charge on any atom is -0.494 e. The number of carbonyl (C=O) groups excluding carboxylic acids is 1. The summed E-state index contributed by atoms with van der Waals surface area (Å²) in [7, 11) is -4.06. The molecule has 8 nitrogen and oxygen atoms in total. The number of nitrogens with one attached hydrogen (secondary N) is 2. The van der Waals surface area contributed by atoms with Crippen LogP contribution in [0, 0.1) is 0 Å². The third kappa shape index (κ3) is 4.51. The number of benzene rings is 2. The molecule has 2 aromatic heterocycles. The molecule has 0 atom stereocenters. The van der Waals surface area contributed by atoms with Gasteiger partial charge in [-0.3, -0.25) is 4.79 Å². The van der Waals surface area contributed by atoms with E-state index in [1.807, 2.05) is 4.72 Å². The summed E-state index contributed by atoms with van der Waals surface area (Å²) >= 11 is 9.91. The van der Waals surface area contributed by atoms with Crippen LogP contribution in [0.5, 0.6) is 5.88 Å². The zero-order valence-corrected chi connectivity index (χ0v) is 19.8. The molecule has 0 fully saturated rings. The maximum absolute atomic E-state index is 12.5. The summed E-state index contributed by atoms with van der Waals surface area (Å²) in [6, 6.07) is 14.3. The molecule has 0 spiro atoms. The van der Waals surface area contributed by atoms with Crippen LogP contribution in [0.3, 0.4) is 0 Å². The largest absolute Gasteiger partial charge is 0.494 e. The third-order valence-electron chi connectivity index (χ3n) is 4.39. The van der Waals surface area contributed by atoms with Crippen molar-refractivity contribution in [1.29, 1.82) is 0 Å². The van der Waals surface area contributed by atoms with Crippen molar-refractivity contribution in [2.45, 2.75) is 4.21 Å². The second-order valence-electron chi connectivity index (χ2n) is 6.54. The van der Waals surface area contributed by atoms with Gasteiger partial charge in [0.05, 0.1) is 10.0 Å². The maximum Gasteiger partial charge on any atom is 0.333 e. The number of urea groups is 1. The molecule has 164 valence electrons. The van der Waals surface area contributed by atoms with Crippen LogP contribution in [0.25, 0.3) is 16.5 Å². The number of halogens is 2. The van der Waals surface area contributed by atoms with E-state index in [4.69, 9.17) is 11.6 Å². The quantitative estimate of drug-likeness (QED) is 0.338. The fourth-order valence-electron chi connectivity index (χ4n) is 2.98. The van der Waals surface area contributed by atoms with E-state index < -0.39 is 21.6 Å². The predicted octanol–water partition coefficient (Wildman–Crippen LogP) is 4.68. The number of rotatable bonds is 4. The predicted molar refractivity (Wildman–Crippen MR) is 128 cm³/mol. The first-order valence-corrected chi connectivity index (χ1v) is 12.3. The summed E-state index contributed by atoms with van der Waals surface area (Å²) in [6.07, 6.45) is 0. The lowest BCUT2D eigenvalue weighted by Gasteiger charge is -2.12. The minimum absolute atomic E-state index is 0.0919. The average molecular weight is 555 g/mol. The molecule has 0 saturated heterocycles. The summed E-state index contributed by atoms with van der Waals surface area (Å²) in [5.41, 5.74) is 0.208. The number of carbonyl (C=O) groups is 1. The van der Waals surface area contributed by atoms with Gasteiger partial charge < -0.3 is 10.4 Å². The molecule has 0 aliphatic heterocycles. The lowest BCUT2D eigenvalue weighted by Crippen LogP contribution is -2.33. The molecule has 0 aliphatic carbocycles. The Morgan fingerprint density at radius 2 is 1.78 bits per heavy atom. The van der Waals surface area contributed by atoms with Gasteiger partial charge in [-0.2, -0.15) is 0 Å². The van der Waals surface area contributed by atoms with Gasteiger partial charge in [0.1, 0.15) is 4.21 Å². The van der Waals surface area contributed by atoms with Gasteiger partial charge in [0.15, 0.2) is 0 Å². The number of aromatic nitrogens is 1. The molecule has 0 saturated carbocycles. The fraction of sp³-hybridized carbons (Fsp3) is 0. The lowest BCUT2D eigenvalue weighted by molar-refractivity contribution is 0.256. The van der Waals surface area contributed by atoms with Gasteiger partial charge in [-0.05, 0) is 53.9 Å². The highest BCUT2D eigenvalue weighted by molar-refractivity contribution is 9.10. The first kappa shape index (κ1) is 22.3. The molecule has 12 heteroatoms. The normalized spacial score (nSPS) is 11.4. The van der Waals surface area contributed by atoms with Gasteiger partial charge in [-0.25, -0.2) is 22.5 Å². The van der Waals surface area contributed by atoms with Crippen LogP contribution in [-0.2, 0) is 10.0 Å². The van der Waals surface area contributed by atoms with Crippen molar-refractivity contribution in [2.24, 2.45) is 0 Å². The number of anilines is 1. The number of aromatic hydroxyl groups is 1. The van der Waals surface area contributed by atoms with E-state index in [1.54, 1.807) is 18.2 Å². The number of sulfonamides is 1. The Labute approximate surface area is 199 Å². The molecular formula is C20H13BrClN3O5S2. The Morgan fingerprint density at radius 1 is 1.06 bits per heavy atom. The van der Waals surface area contributed by atoms with Crippen molar-refractivity contribution in [3.63, 3.8) is 0 Å². The molecule has 2 aromatic carbocycles. The molecule has 0 aliphatic rings. The third-order valence-corrected chi connectivity index (χ3v) is 7.94. The zero-order chi connectivity index (χ0) is 23.0. The summed E-state index contributed by atoms with van der Waals surface area (Å²) in [4.78, 5) is 24.7. The molecule has 4 aromatic rings. The van der Waals surface area contributed by atoms with Crippen LogP contribution in [-0.4, -0.2) is 24.1 Å².